The fraction of sp³-hybridized carbons (Fsp3) is 0.286. The molecule has 3 aromatic rings. The molecule has 140 valence electrons. The molecule has 0 spiro atoms. The summed E-state index contributed by atoms with van der Waals surface area (Å²) >= 11 is 6.31. The van der Waals surface area contributed by atoms with Crippen LogP contribution in [0.25, 0.3) is 11.0 Å². The van der Waals surface area contributed by atoms with Gasteiger partial charge in [-0.2, -0.15) is 0 Å². The lowest BCUT2D eigenvalue weighted by atomic mass is 10.1. The maximum absolute atomic E-state index is 13.2. The van der Waals surface area contributed by atoms with Crippen molar-refractivity contribution in [3.05, 3.63) is 58.8 Å². The molecule has 1 amide bonds. The SMILES string of the molecule is COc1ccc2oc(C)c(C(=O)N3CCN(c4ccccc4Cl)CC3)c2c1. The van der Waals surface area contributed by atoms with E-state index in [2.05, 4.69) is 4.90 Å². The Labute approximate surface area is 163 Å². The van der Waals surface area contributed by atoms with Crippen LogP contribution >= 0.6 is 11.6 Å². The number of para-hydroxylation sites is 1. The van der Waals surface area contributed by atoms with Crippen LogP contribution in [0.2, 0.25) is 5.02 Å². The number of carbonyl (C=O) groups excluding carboxylic acids is 1. The van der Waals surface area contributed by atoms with Gasteiger partial charge < -0.3 is 19.0 Å². The molecule has 1 saturated heterocycles. The minimum absolute atomic E-state index is 0.00156. The number of hydrogen-bond donors (Lipinski definition) is 0. The second-order valence-corrected chi connectivity index (χ2v) is 7.03. The number of piperazine rings is 1. The van der Waals surface area contributed by atoms with Crippen molar-refractivity contribution in [3.63, 3.8) is 0 Å². The second kappa shape index (κ2) is 7.16. The molecule has 27 heavy (non-hydrogen) atoms. The Hall–Kier alpha value is -2.66. The third kappa shape index (κ3) is 3.23. The quantitative estimate of drug-likeness (QED) is 0.672. The first kappa shape index (κ1) is 17.7. The van der Waals surface area contributed by atoms with E-state index < -0.39 is 0 Å². The van der Waals surface area contributed by atoms with Gasteiger partial charge in [-0.25, -0.2) is 0 Å². The first-order valence-corrected chi connectivity index (χ1v) is 9.32. The number of amides is 1. The van der Waals surface area contributed by atoms with Crippen LogP contribution in [-0.2, 0) is 0 Å². The molecule has 4 rings (SSSR count). The Bertz CT molecular complexity index is 990. The van der Waals surface area contributed by atoms with E-state index in [4.69, 9.17) is 20.8 Å². The average Bonchev–Trinajstić information content (AvgIpc) is 3.02. The fourth-order valence-corrected chi connectivity index (χ4v) is 3.86. The van der Waals surface area contributed by atoms with E-state index in [0.717, 1.165) is 29.2 Å². The van der Waals surface area contributed by atoms with Gasteiger partial charge >= 0.3 is 0 Å². The van der Waals surface area contributed by atoms with Gasteiger partial charge in [0, 0.05) is 31.6 Å². The molecule has 2 heterocycles. The Morgan fingerprint density at radius 1 is 1.11 bits per heavy atom. The first-order chi connectivity index (χ1) is 13.1. The average molecular weight is 385 g/mol. The van der Waals surface area contributed by atoms with Crippen LogP contribution in [0.4, 0.5) is 5.69 Å². The lowest BCUT2D eigenvalue weighted by molar-refractivity contribution is 0.0746. The molecule has 0 N–H and O–H groups in total. The smallest absolute Gasteiger partial charge is 0.258 e. The Morgan fingerprint density at radius 3 is 2.56 bits per heavy atom. The molecular weight excluding hydrogens is 364 g/mol. The molecule has 1 fully saturated rings. The number of aryl methyl sites for hydroxylation is 1. The van der Waals surface area contributed by atoms with E-state index in [0.29, 0.717) is 35.7 Å². The van der Waals surface area contributed by atoms with Gasteiger partial charge in [0.1, 0.15) is 17.1 Å². The zero-order chi connectivity index (χ0) is 19.0. The molecule has 0 bridgehead atoms. The van der Waals surface area contributed by atoms with Crippen molar-refractivity contribution in [2.45, 2.75) is 6.92 Å². The standard InChI is InChI=1S/C21H21ClN2O3/c1-14-20(16-13-15(26-2)7-8-19(16)27-14)21(25)24-11-9-23(10-12-24)18-6-4-3-5-17(18)22/h3-8,13H,9-12H2,1-2H3. The highest BCUT2D eigenvalue weighted by Crippen LogP contribution is 2.31. The maximum Gasteiger partial charge on any atom is 0.258 e. The number of rotatable bonds is 3. The predicted octanol–water partition coefficient (Wildman–Crippen LogP) is 4.37. The van der Waals surface area contributed by atoms with Gasteiger partial charge in [-0.05, 0) is 37.3 Å². The highest BCUT2D eigenvalue weighted by atomic mass is 35.5. The first-order valence-electron chi connectivity index (χ1n) is 8.94. The van der Waals surface area contributed by atoms with Gasteiger partial charge in [0.15, 0.2) is 0 Å². The van der Waals surface area contributed by atoms with Gasteiger partial charge in [0.2, 0.25) is 0 Å². The largest absolute Gasteiger partial charge is 0.497 e. The maximum atomic E-state index is 13.2. The Kier molecular flexibility index (Phi) is 4.70. The van der Waals surface area contributed by atoms with Gasteiger partial charge in [0.25, 0.3) is 5.91 Å². The van der Waals surface area contributed by atoms with Gasteiger partial charge in [0.05, 0.1) is 23.4 Å². The summed E-state index contributed by atoms with van der Waals surface area (Å²) < 4.78 is 11.1. The minimum atomic E-state index is -0.00156. The van der Waals surface area contributed by atoms with Crippen molar-refractivity contribution < 1.29 is 13.9 Å². The number of fused-ring (bicyclic) bond motifs is 1. The van der Waals surface area contributed by atoms with Gasteiger partial charge in [-0.15, -0.1) is 0 Å². The zero-order valence-electron chi connectivity index (χ0n) is 15.4. The number of methoxy groups -OCH3 is 1. The monoisotopic (exact) mass is 384 g/mol. The fourth-order valence-electron chi connectivity index (χ4n) is 3.61. The highest BCUT2D eigenvalue weighted by molar-refractivity contribution is 6.33. The number of hydrogen-bond acceptors (Lipinski definition) is 4. The molecule has 0 atom stereocenters. The molecular formula is C21H21ClN2O3. The highest BCUT2D eigenvalue weighted by Gasteiger charge is 2.27. The topological polar surface area (TPSA) is 45.9 Å². The second-order valence-electron chi connectivity index (χ2n) is 6.63. The lowest BCUT2D eigenvalue weighted by Crippen LogP contribution is -2.49. The lowest BCUT2D eigenvalue weighted by Gasteiger charge is -2.36. The number of nitrogens with zero attached hydrogens (tertiary/aromatic N) is 2. The van der Waals surface area contributed by atoms with Crippen LogP contribution < -0.4 is 9.64 Å². The van der Waals surface area contributed by atoms with Crippen LogP contribution in [0.5, 0.6) is 5.75 Å². The van der Waals surface area contributed by atoms with Gasteiger partial charge in [-0.1, -0.05) is 23.7 Å². The van der Waals surface area contributed by atoms with E-state index in [-0.39, 0.29) is 5.91 Å². The van der Waals surface area contributed by atoms with E-state index in [1.54, 1.807) is 7.11 Å². The van der Waals surface area contributed by atoms with Crippen molar-refractivity contribution in [3.8, 4) is 5.75 Å². The van der Waals surface area contributed by atoms with Crippen molar-refractivity contribution in [2.75, 3.05) is 38.2 Å². The molecule has 1 aromatic heterocycles. The zero-order valence-corrected chi connectivity index (χ0v) is 16.1. The van der Waals surface area contributed by atoms with Crippen LogP contribution in [-0.4, -0.2) is 44.1 Å². The molecule has 1 aliphatic rings. The molecule has 1 aliphatic heterocycles. The summed E-state index contributed by atoms with van der Waals surface area (Å²) in [5.74, 6) is 1.34. The summed E-state index contributed by atoms with van der Waals surface area (Å²) in [6, 6.07) is 13.3. The number of anilines is 1. The summed E-state index contributed by atoms with van der Waals surface area (Å²) in [6.07, 6.45) is 0. The summed E-state index contributed by atoms with van der Waals surface area (Å²) in [5.41, 5.74) is 2.34. The van der Waals surface area contributed by atoms with E-state index in [9.17, 15) is 4.79 Å². The summed E-state index contributed by atoms with van der Waals surface area (Å²) in [7, 11) is 1.61. The number of halogens is 1. The molecule has 0 aliphatic carbocycles. The Morgan fingerprint density at radius 2 is 1.85 bits per heavy atom. The van der Waals surface area contributed by atoms with Crippen LogP contribution in [0.3, 0.4) is 0 Å². The molecule has 6 heteroatoms. The number of furan rings is 1. The van der Waals surface area contributed by atoms with Crippen molar-refractivity contribution in [1.82, 2.24) is 4.90 Å². The third-order valence-corrected chi connectivity index (χ3v) is 5.36. The summed E-state index contributed by atoms with van der Waals surface area (Å²) in [4.78, 5) is 17.3. The van der Waals surface area contributed by atoms with E-state index in [1.807, 2.05) is 54.3 Å². The van der Waals surface area contributed by atoms with Crippen LogP contribution in [0, 0.1) is 6.92 Å². The number of carbonyl (C=O) groups is 1. The molecule has 0 radical (unpaired) electrons. The normalized spacial score (nSPS) is 14.6. The van der Waals surface area contributed by atoms with E-state index in [1.165, 1.54) is 0 Å². The molecule has 0 unspecified atom stereocenters. The third-order valence-electron chi connectivity index (χ3n) is 5.05. The number of benzene rings is 2. The summed E-state index contributed by atoms with van der Waals surface area (Å²) in [5, 5.41) is 1.53. The Balaban J connectivity index is 1.56. The predicted molar refractivity (Wildman–Crippen MR) is 107 cm³/mol. The van der Waals surface area contributed by atoms with Crippen molar-refractivity contribution in [2.24, 2.45) is 0 Å². The molecule has 2 aromatic carbocycles. The van der Waals surface area contributed by atoms with Gasteiger partial charge in [-0.3, -0.25) is 4.79 Å². The molecule has 0 saturated carbocycles. The van der Waals surface area contributed by atoms with Crippen LogP contribution in [0.1, 0.15) is 16.1 Å². The number of ether oxygens (including phenoxy) is 1. The van der Waals surface area contributed by atoms with Crippen molar-refractivity contribution >= 4 is 34.2 Å². The van der Waals surface area contributed by atoms with Crippen LogP contribution in [0.15, 0.2) is 46.9 Å². The summed E-state index contributed by atoms with van der Waals surface area (Å²) in [6.45, 7) is 4.60. The van der Waals surface area contributed by atoms with Crippen molar-refractivity contribution in [1.29, 1.82) is 0 Å². The van der Waals surface area contributed by atoms with E-state index >= 15 is 0 Å². The minimum Gasteiger partial charge on any atom is -0.497 e. The molecule has 5 nitrogen and oxygen atoms in total.